The summed E-state index contributed by atoms with van der Waals surface area (Å²) in [7, 11) is 0. The Kier molecular flexibility index (Phi) is 4.35. The zero-order valence-corrected chi connectivity index (χ0v) is 13.1. The highest BCUT2D eigenvalue weighted by atomic mass is 19.4. The largest absolute Gasteiger partial charge is 0.573 e. The highest BCUT2D eigenvalue weighted by Crippen LogP contribution is 2.28. The molecule has 2 heterocycles. The maximum Gasteiger partial charge on any atom is 0.573 e. The maximum atomic E-state index is 12.4. The van der Waals surface area contributed by atoms with Gasteiger partial charge in [0.1, 0.15) is 11.3 Å². The minimum absolute atomic E-state index is 0.226. The van der Waals surface area contributed by atoms with Crippen molar-refractivity contribution >= 4 is 11.6 Å². The summed E-state index contributed by atoms with van der Waals surface area (Å²) in [5.41, 5.74) is 1.47. The molecule has 1 aromatic carbocycles. The van der Waals surface area contributed by atoms with Gasteiger partial charge in [-0.1, -0.05) is 12.1 Å². The lowest BCUT2D eigenvalue weighted by molar-refractivity contribution is -0.274. The van der Waals surface area contributed by atoms with E-state index in [1.54, 1.807) is 41.9 Å². The third kappa shape index (κ3) is 3.73. The van der Waals surface area contributed by atoms with E-state index in [4.69, 9.17) is 4.74 Å². The van der Waals surface area contributed by atoms with Gasteiger partial charge in [0, 0.05) is 18.0 Å². The fourth-order valence-electron chi connectivity index (χ4n) is 2.37. The van der Waals surface area contributed by atoms with Crippen molar-refractivity contribution in [2.24, 2.45) is 0 Å². The molecule has 0 aliphatic carbocycles. The quantitative estimate of drug-likeness (QED) is 0.666. The molecule has 0 saturated heterocycles. The van der Waals surface area contributed by atoms with Crippen LogP contribution in [0.15, 0.2) is 48.8 Å². The summed E-state index contributed by atoms with van der Waals surface area (Å²) in [5, 5.41) is 0. The summed E-state index contributed by atoms with van der Waals surface area (Å²) >= 11 is 0. The minimum atomic E-state index is -4.77. The highest BCUT2D eigenvalue weighted by molar-refractivity contribution is 5.96. The topological polar surface area (TPSA) is 52.8 Å². The highest BCUT2D eigenvalue weighted by Gasteiger charge is 2.31. The van der Waals surface area contributed by atoms with E-state index in [-0.39, 0.29) is 17.9 Å². The van der Waals surface area contributed by atoms with Gasteiger partial charge >= 0.3 is 12.3 Å². The summed E-state index contributed by atoms with van der Waals surface area (Å²) in [5.74, 6) is -0.855. The first-order valence-electron chi connectivity index (χ1n) is 7.38. The molecule has 0 spiro atoms. The van der Waals surface area contributed by atoms with Gasteiger partial charge in [0.25, 0.3) is 0 Å². The van der Waals surface area contributed by atoms with Crippen LogP contribution in [0.4, 0.5) is 13.2 Å². The van der Waals surface area contributed by atoms with Crippen molar-refractivity contribution in [3.8, 4) is 17.0 Å². The molecule has 0 aliphatic rings. The van der Waals surface area contributed by atoms with Gasteiger partial charge in [-0.25, -0.2) is 9.78 Å². The van der Waals surface area contributed by atoms with Crippen LogP contribution in [0.3, 0.4) is 0 Å². The monoisotopic (exact) mass is 350 g/mol. The Hall–Kier alpha value is -3.03. The van der Waals surface area contributed by atoms with Crippen molar-refractivity contribution < 1.29 is 27.4 Å². The average molecular weight is 350 g/mol. The van der Waals surface area contributed by atoms with E-state index in [0.29, 0.717) is 16.9 Å². The van der Waals surface area contributed by atoms with Gasteiger partial charge in [-0.05, 0) is 31.2 Å². The number of imidazole rings is 1. The molecular formula is C17H13F3N2O3. The van der Waals surface area contributed by atoms with Crippen LogP contribution in [0.1, 0.15) is 17.3 Å². The number of hydrogen-bond donors (Lipinski definition) is 0. The predicted octanol–water partition coefficient (Wildman–Crippen LogP) is 4.08. The summed E-state index contributed by atoms with van der Waals surface area (Å²) in [4.78, 5) is 16.3. The molecular weight excluding hydrogens is 337 g/mol. The summed E-state index contributed by atoms with van der Waals surface area (Å²) < 4.78 is 47.6. The Morgan fingerprint density at radius 2 is 2.04 bits per heavy atom. The predicted molar refractivity (Wildman–Crippen MR) is 83.3 cm³/mol. The number of carbonyl (C=O) groups excluding carboxylic acids is 1. The van der Waals surface area contributed by atoms with Crippen molar-refractivity contribution in [2.45, 2.75) is 13.3 Å². The van der Waals surface area contributed by atoms with Gasteiger partial charge < -0.3 is 13.9 Å². The molecule has 8 heteroatoms. The third-order valence-electron chi connectivity index (χ3n) is 3.34. The molecule has 3 rings (SSSR count). The fraction of sp³-hybridized carbons (Fsp3) is 0.176. The van der Waals surface area contributed by atoms with Crippen LogP contribution in [0.2, 0.25) is 0 Å². The first-order valence-corrected chi connectivity index (χ1v) is 7.38. The number of rotatable bonds is 4. The average Bonchev–Trinajstić information content (AvgIpc) is 2.97. The fourth-order valence-corrected chi connectivity index (χ4v) is 2.37. The number of nitrogens with zero attached hydrogens (tertiary/aromatic N) is 2. The Bertz CT molecular complexity index is 919. The van der Waals surface area contributed by atoms with E-state index in [1.807, 2.05) is 0 Å². The molecule has 0 fully saturated rings. The summed E-state index contributed by atoms with van der Waals surface area (Å²) in [6.45, 7) is 1.92. The van der Waals surface area contributed by atoms with Crippen molar-refractivity contribution in [1.29, 1.82) is 0 Å². The Balaban J connectivity index is 2.01. The van der Waals surface area contributed by atoms with E-state index in [1.165, 1.54) is 18.2 Å². The Labute approximate surface area is 140 Å². The molecule has 0 radical (unpaired) electrons. The number of hydrogen-bond acceptors (Lipinski definition) is 4. The summed E-state index contributed by atoms with van der Waals surface area (Å²) in [6, 6.07) is 8.72. The van der Waals surface area contributed by atoms with Crippen LogP contribution in [0.25, 0.3) is 16.9 Å². The molecule has 5 nitrogen and oxygen atoms in total. The second-order valence-corrected chi connectivity index (χ2v) is 5.07. The van der Waals surface area contributed by atoms with E-state index < -0.39 is 12.3 Å². The first-order chi connectivity index (χ1) is 11.9. The third-order valence-corrected chi connectivity index (χ3v) is 3.34. The molecule has 0 N–H and O–H groups in total. The molecule has 0 amide bonds. The zero-order chi connectivity index (χ0) is 18.0. The van der Waals surface area contributed by atoms with Crippen LogP contribution in [-0.4, -0.2) is 28.3 Å². The number of ether oxygens (including phenoxy) is 2. The van der Waals surface area contributed by atoms with Gasteiger partial charge in [-0.2, -0.15) is 0 Å². The number of aromatic nitrogens is 2. The number of benzene rings is 1. The van der Waals surface area contributed by atoms with Crippen molar-refractivity contribution in [3.63, 3.8) is 0 Å². The van der Waals surface area contributed by atoms with E-state index in [0.717, 1.165) is 0 Å². The number of halogens is 3. The lowest BCUT2D eigenvalue weighted by atomic mass is 10.1. The van der Waals surface area contributed by atoms with Crippen LogP contribution in [-0.2, 0) is 4.74 Å². The second kappa shape index (κ2) is 6.46. The van der Waals surface area contributed by atoms with Gasteiger partial charge in [0.15, 0.2) is 5.65 Å². The van der Waals surface area contributed by atoms with Crippen LogP contribution < -0.4 is 4.74 Å². The number of pyridine rings is 1. The van der Waals surface area contributed by atoms with E-state index >= 15 is 0 Å². The number of carbonyl (C=O) groups is 1. The first kappa shape index (κ1) is 16.8. The second-order valence-electron chi connectivity index (χ2n) is 5.07. The zero-order valence-electron chi connectivity index (χ0n) is 13.1. The normalized spacial score (nSPS) is 11.5. The lowest BCUT2D eigenvalue weighted by Gasteiger charge is -2.09. The van der Waals surface area contributed by atoms with Gasteiger partial charge in [-0.3, -0.25) is 0 Å². The SMILES string of the molecule is CCOC(=O)c1cccn2cc(-c3cccc(OC(F)(F)F)c3)nc12. The molecule has 2 aromatic heterocycles. The van der Waals surface area contributed by atoms with Crippen LogP contribution >= 0.6 is 0 Å². The lowest BCUT2D eigenvalue weighted by Crippen LogP contribution is -2.17. The smallest absolute Gasteiger partial charge is 0.462 e. The molecule has 0 saturated carbocycles. The molecule has 0 bridgehead atoms. The van der Waals surface area contributed by atoms with Gasteiger partial charge in [0.05, 0.1) is 12.3 Å². The number of fused-ring (bicyclic) bond motifs is 1. The molecule has 0 atom stereocenters. The van der Waals surface area contributed by atoms with Crippen molar-refractivity contribution in [3.05, 3.63) is 54.4 Å². The number of esters is 1. The Morgan fingerprint density at radius 1 is 1.24 bits per heavy atom. The Morgan fingerprint density at radius 3 is 2.76 bits per heavy atom. The molecule has 0 aliphatic heterocycles. The molecule has 3 aromatic rings. The van der Waals surface area contributed by atoms with Crippen molar-refractivity contribution in [1.82, 2.24) is 9.38 Å². The molecule has 25 heavy (non-hydrogen) atoms. The van der Waals surface area contributed by atoms with Crippen LogP contribution in [0, 0.1) is 0 Å². The van der Waals surface area contributed by atoms with Crippen molar-refractivity contribution in [2.75, 3.05) is 6.61 Å². The number of alkyl halides is 3. The van der Waals surface area contributed by atoms with Gasteiger partial charge in [0.2, 0.25) is 0 Å². The van der Waals surface area contributed by atoms with Gasteiger partial charge in [-0.15, -0.1) is 13.2 Å². The van der Waals surface area contributed by atoms with Crippen LogP contribution in [0.5, 0.6) is 5.75 Å². The van der Waals surface area contributed by atoms with E-state index in [9.17, 15) is 18.0 Å². The van der Waals surface area contributed by atoms with E-state index in [2.05, 4.69) is 9.72 Å². The maximum absolute atomic E-state index is 12.4. The molecule has 130 valence electrons. The standard InChI is InChI=1S/C17H13F3N2O3/c1-2-24-16(23)13-7-4-8-22-10-14(21-15(13)22)11-5-3-6-12(9-11)25-17(18,19)20/h3-10H,2H2,1H3. The minimum Gasteiger partial charge on any atom is -0.462 e. The summed E-state index contributed by atoms with van der Waals surface area (Å²) in [6.07, 6.45) is -1.47. The molecule has 0 unspecified atom stereocenters.